The molecule has 1 saturated carbocycles. The van der Waals surface area contributed by atoms with E-state index in [9.17, 15) is 9.90 Å². The number of carbonyl (C=O) groups is 1. The van der Waals surface area contributed by atoms with Gasteiger partial charge in [0.05, 0.1) is 11.9 Å². The maximum atomic E-state index is 12.6. The van der Waals surface area contributed by atoms with E-state index in [0.717, 1.165) is 53.8 Å². The van der Waals surface area contributed by atoms with Crippen molar-refractivity contribution in [3.8, 4) is 17.0 Å². The number of anilines is 1. The molecule has 186 valence electrons. The number of rotatable bonds is 7. The van der Waals surface area contributed by atoms with Crippen LogP contribution in [0.5, 0.6) is 5.75 Å². The maximum Gasteiger partial charge on any atom is 0.223 e. The van der Waals surface area contributed by atoms with Crippen LogP contribution >= 0.6 is 0 Å². The summed E-state index contributed by atoms with van der Waals surface area (Å²) in [6, 6.07) is 17.4. The first-order valence-electron chi connectivity index (χ1n) is 12.8. The molecule has 7 nitrogen and oxygen atoms in total. The van der Waals surface area contributed by atoms with Gasteiger partial charge in [0.2, 0.25) is 5.91 Å². The van der Waals surface area contributed by atoms with Crippen molar-refractivity contribution in [2.24, 2.45) is 5.92 Å². The lowest BCUT2D eigenvalue weighted by molar-refractivity contribution is -0.125. The van der Waals surface area contributed by atoms with Crippen LogP contribution in [0.15, 0.2) is 60.8 Å². The molecule has 2 aromatic carbocycles. The van der Waals surface area contributed by atoms with Crippen molar-refractivity contribution in [2.75, 3.05) is 5.32 Å². The fraction of sp³-hybridized carbons (Fsp3) is 0.345. The third-order valence-corrected chi connectivity index (χ3v) is 7.02. The molecule has 36 heavy (non-hydrogen) atoms. The lowest BCUT2D eigenvalue weighted by Crippen LogP contribution is -2.30. The van der Waals surface area contributed by atoms with E-state index in [0.29, 0.717) is 24.3 Å². The Hall–Kier alpha value is -3.87. The molecule has 2 heterocycles. The van der Waals surface area contributed by atoms with Crippen LogP contribution in [0.25, 0.3) is 16.9 Å². The molecule has 0 atom stereocenters. The summed E-state index contributed by atoms with van der Waals surface area (Å²) in [5.74, 6) is 1.35. The summed E-state index contributed by atoms with van der Waals surface area (Å²) in [6.07, 6.45) is 8.65. The van der Waals surface area contributed by atoms with E-state index in [-0.39, 0.29) is 17.6 Å². The molecule has 0 aliphatic heterocycles. The smallest absolute Gasteiger partial charge is 0.223 e. The monoisotopic (exact) mass is 483 g/mol. The summed E-state index contributed by atoms with van der Waals surface area (Å²) in [5, 5.41) is 21.4. The number of aromatic nitrogens is 3. The normalized spacial score (nSPS) is 14.5. The molecule has 0 unspecified atom stereocenters. The van der Waals surface area contributed by atoms with E-state index in [1.54, 1.807) is 22.8 Å². The summed E-state index contributed by atoms with van der Waals surface area (Å²) < 4.78 is 1.79. The minimum absolute atomic E-state index is 0.168. The van der Waals surface area contributed by atoms with E-state index in [1.165, 1.54) is 12.8 Å². The topological polar surface area (TPSA) is 91.5 Å². The molecule has 3 N–H and O–H groups in total. The average molecular weight is 484 g/mol. The van der Waals surface area contributed by atoms with Crippen molar-refractivity contribution < 1.29 is 9.90 Å². The number of phenolic OH excluding ortho intramolecular Hbond substituents is 1. The second-order valence-corrected chi connectivity index (χ2v) is 9.68. The second kappa shape index (κ2) is 10.8. The summed E-state index contributed by atoms with van der Waals surface area (Å²) >= 11 is 0. The van der Waals surface area contributed by atoms with Crippen molar-refractivity contribution in [2.45, 2.75) is 58.5 Å². The van der Waals surface area contributed by atoms with Gasteiger partial charge in [-0.05, 0) is 43.0 Å². The fourth-order valence-electron chi connectivity index (χ4n) is 4.87. The molecule has 7 heteroatoms. The van der Waals surface area contributed by atoms with Crippen LogP contribution in [0.1, 0.15) is 55.2 Å². The zero-order chi connectivity index (χ0) is 24.9. The molecule has 0 bridgehead atoms. The second-order valence-electron chi connectivity index (χ2n) is 9.68. The number of nitrogens with one attached hydrogen (secondary N) is 2. The van der Waals surface area contributed by atoms with Crippen molar-refractivity contribution in [1.82, 2.24) is 19.9 Å². The molecule has 0 radical (unpaired) electrons. The van der Waals surface area contributed by atoms with Gasteiger partial charge in [0.1, 0.15) is 11.6 Å². The van der Waals surface area contributed by atoms with Crippen LogP contribution in [0.4, 0.5) is 5.82 Å². The van der Waals surface area contributed by atoms with Gasteiger partial charge >= 0.3 is 0 Å². The molecule has 1 fully saturated rings. The zero-order valence-corrected chi connectivity index (χ0v) is 20.7. The van der Waals surface area contributed by atoms with E-state index >= 15 is 0 Å². The van der Waals surface area contributed by atoms with E-state index in [1.807, 2.05) is 25.1 Å². The molecule has 1 aliphatic carbocycles. The standard InChI is InChI=1S/C29H33N5O2/c1-20-17-32-34-27(16-25(33-28(20)34)24-10-6-7-11-26(24)35)30-18-21-12-14-22(15-13-21)19-31-29(36)23-8-4-2-3-5-9-23/h6-7,10-17,23,30,35H,2-5,8-9,18-19H2,1H3,(H,31,36). The van der Waals surface area contributed by atoms with Gasteiger partial charge < -0.3 is 15.7 Å². The lowest BCUT2D eigenvalue weighted by atomic mass is 9.99. The number of aromatic hydroxyl groups is 1. The highest BCUT2D eigenvalue weighted by molar-refractivity contribution is 5.78. The molecule has 0 saturated heterocycles. The van der Waals surface area contributed by atoms with Gasteiger partial charge in [-0.3, -0.25) is 4.79 Å². The number of fused-ring (bicyclic) bond motifs is 1. The van der Waals surface area contributed by atoms with Gasteiger partial charge in [-0.2, -0.15) is 9.61 Å². The van der Waals surface area contributed by atoms with Crippen LogP contribution in [-0.4, -0.2) is 25.6 Å². The number of benzene rings is 2. The number of para-hydroxylation sites is 1. The van der Waals surface area contributed by atoms with Crippen LogP contribution in [-0.2, 0) is 17.9 Å². The highest BCUT2D eigenvalue weighted by Gasteiger charge is 2.19. The van der Waals surface area contributed by atoms with Crippen LogP contribution in [0, 0.1) is 12.8 Å². The quantitative estimate of drug-likeness (QED) is 0.297. The third-order valence-electron chi connectivity index (χ3n) is 7.02. The van der Waals surface area contributed by atoms with Crippen LogP contribution in [0.3, 0.4) is 0 Å². The Labute approximate surface area is 211 Å². The highest BCUT2D eigenvalue weighted by atomic mass is 16.3. The highest BCUT2D eigenvalue weighted by Crippen LogP contribution is 2.30. The predicted octanol–water partition coefficient (Wildman–Crippen LogP) is 5.61. The number of phenols is 1. The van der Waals surface area contributed by atoms with Gasteiger partial charge in [0, 0.05) is 36.2 Å². The van der Waals surface area contributed by atoms with Crippen molar-refractivity contribution in [3.05, 3.63) is 77.5 Å². The van der Waals surface area contributed by atoms with Crippen molar-refractivity contribution in [3.63, 3.8) is 0 Å². The zero-order valence-electron chi connectivity index (χ0n) is 20.7. The molecular formula is C29H33N5O2. The molecule has 0 spiro atoms. The van der Waals surface area contributed by atoms with E-state index < -0.39 is 0 Å². The average Bonchev–Trinajstić information content (AvgIpc) is 3.09. The molecular weight excluding hydrogens is 450 g/mol. The van der Waals surface area contributed by atoms with Crippen molar-refractivity contribution >= 4 is 17.4 Å². The molecule has 4 aromatic rings. The van der Waals surface area contributed by atoms with Crippen LogP contribution in [0.2, 0.25) is 0 Å². The largest absolute Gasteiger partial charge is 0.507 e. The van der Waals surface area contributed by atoms with Gasteiger partial charge in [-0.1, -0.05) is 62.1 Å². The molecule has 5 rings (SSSR count). The minimum atomic E-state index is 0.168. The van der Waals surface area contributed by atoms with Gasteiger partial charge in [-0.15, -0.1) is 0 Å². The Morgan fingerprint density at radius 2 is 1.69 bits per heavy atom. The first kappa shape index (κ1) is 23.9. The number of aryl methyl sites for hydroxylation is 1. The SMILES string of the molecule is Cc1cnn2c(NCc3ccc(CNC(=O)C4CCCCCC4)cc3)cc(-c3ccccc3O)nc12. The Kier molecular flexibility index (Phi) is 7.16. The number of hydrogen-bond donors (Lipinski definition) is 3. The Bertz CT molecular complexity index is 1340. The van der Waals surface area contributed by atoms with Gasteiger partial charge in [-0.25, -0.2) is 4.98 Å². The lowest BCUT2D eigenvalue weighted by Gasteiger charge is -2.14. The summed E-state index contributed by atoms with van der Waals surface area (Å²) in [5.41, 5.74) is 5.29. The summed E-state index contributed by atoms with van der Waals surface area (Å²) in [4.78, 5) is 17.3. The Morgan fingerprint density at radius 1 is 1.00 bits per heavy atom. The van der Waals surface area contributed by atoms with Gasteiger partial charge in [0.15, 0.2) is 5.65 Å². The maximum absolute atomic E-state index is 12.6. The fourth-order valence-corrected chi connectivity index (χ4v) is 4.87. The molecule has 1 aliphatic rings. The number of amides is 1. The van der Waals surface area contributed by atoms with Crippen LogP contribution < -0.4 is 10.6 Å². The van der Waals surface area contributed by atoms with Gasteiger partial charge in [0.25, 0.3) is 0 Å². The Morgan fingerprint density at radius 3 is 2.42 bits per heavy atom. The molecule has 2 aromatic heterocycles. The first-order valence-corrected chi connectivity index (χ1v) is 12.8. The number of nitrogens with zero attached hydrogens (tertiary/aromatic N) is 3. The number of carbonyl (C=O) groups excluding carboxylic acids is 1. The molecule has 1 amide bonds. The van der Waals surface area contributed by atoms with E-state index in [4.69, 9.17) is 4.98 Å². The third kappa shape index (κ3) is 5.35. The number of hydrogen-bond acceptors (Lipinski definition) is 5. The summed E-state index contributed by atoms with van der Waals surface area (Å²) in [6.45, 7) is 3.14. The summed E-state index contributed by atoms with van der Waals surface area (Å²) in [7, 11) is 0. The minimum Gasteiger partial charge on any atom is -0.507 e. The Balaban J connectivity index is 1.25. The first-order chi connectivity index (χ1) is 17.6. The van der Waals surface area contributed by atoms with E-state index in [2.05, 4.69) is 40.0 Å². The predicted molar refractivity (Wildman–Crippen MR) is 142 cm³/mol. The van der Waals surface area contributed by atoms with Crippen molar-refractivity contribution in [1.29, 1.82) is 0 Å².